The van der Waals surface area contributed by atoms with Crippen molar-refractivity contribution >= 4 is 17.9 Å². The Morgan fingerprint density at radius 1 is 0.259 bits per heavy atom. The number of hydrogen-bond donors (Lipinski definition) is 0. The van der Waals surface area contributed by atoms with Crippen molar-refractivity contribution in [3.8, 4) is 0 Å². The summed E-state index contributed by atoms with van der Waals surface area (Å²) < 4.78 is 16.9. The van der Waals surface area contributed by atoms with Gasteiger partial charge in [0.15, 0.2) is 6.10 Å². The lowest BCUT2D eigenvalue weighted by molar-refractivity contribution is -0.167. The van der Waals surface area contributed by atoms with Crippen LogP contribution in [-0.4, -0.2) is 37.2 Å². The first-order valence-corrected chi connectivity index (χ1v) is 32.6. The largest absolute Gasteiger partial charge is 0.462 e. The van der Waals surface area contributed by atoms with Gasteiger partial charge in [0.05, 0.1) is 0 Å². The molecule has 0 aliphatic carbocycles. The van der Waals surface area contributed by atoms with Gasteiger partial charge in [-0.05, 0) is 135 Å². The molecule has 0 N–H and O–H groups in total. The van der Waals surface area contributed by atoms with Crippen LogP contribution >= 0.6 is 0 Å². The van der Waals surface area contributed by atoms with Crippen molar-refractivity contribution in [3.05, 3.63) is 170 Å². The number of carbonyl (C=O) groups excluding carboxylic acids is 3. The van der Waals surface area contributed by atoms with Gasteiger partial charge in [0, 0.05) is 19.3 Å². The van der Waals surface area contributed by atoms with Crippen LogP contribution in [0.5, 0.6) is 0 Å². The van der Waals surface area contributed by atoms with Crippen LogP contribution in [0.2, 0.25) is 0 Å². The molecule has 1 unspecified atom stereocenters. The molecule has 0 spiro atoms. The highest BCUT2D eigenvalue weighted by Gasteiger charge is 2.19. The molecule has 0 rings (SSSR count). The van der Waals surface area contributed by atoms with Crippen molar-refractivity contribution in [3.63, 3.8) is 0 Å². The van der Waals surface area contributed by atoms with Crippen molar-refractivity contribution in [2.45, 2.75) is 271 Å². The molecule has 454 valence electrons. The van der Waals surface area contributed by atoms with Gasteiger partial charge in [0.1, 0.15) is 13.2 Å². The van der Waals surface area contributed by atoms with Gasteiger partial charge >= 0.3 is 17.9 Å². The van der Waals surface area contributed by atoms with E-state index in [2.05, 4.69) is 191 Å². The molecule has 0 saturated carbocycles. The third-order valence-electron chi connectivity index (χ3n) is 13.2. The molecule has 0 aliphatic rings. The first kappa shape index (κ1) is 75.8. The lowest BCUT2D eigenvalue weighted by Crippen LogP contribution is -2.30. The van der Waals surface area contributed by atoms with Crippen molar-refractivity contribution in [1.82, 2.24) is 0 Å². The lowest BCUT2D eigenvalue weighted by Gasteiger charge is -2.18. The summed E-state index contributed by atoms with van der Waals surface area (Å²) in [7, 11) is 0. The number of allylic oxidation sites excluding steroid dienone is 28. The maximum atomic E-state index is 12.9. The van der Waals surface area contributed by atoms with Crippen LogP contribution in [0.3, 0.4) is 0 Å². The van der Waals surface area contributed by atoms with Crippen molar-refractivity contribution in [2.75, 3.05) is 13.2 Å². The molecule has 0 amide bonds. The van der Waals surface area contributed by atoms with E-state index in [0.29, 0.717) is 19.3 Å². The number of hydrogen-bond acceptors (Lipinski definition) is 6. The molecule has 6 nitrogen and oxygen atoms in total. The van der Waals surface area contributed by atoms with Crippen molar-refractivity contribution in [1.29, 1.82) is 0 Å². The van der Waals surface area contributed by atoms with Gasteiger partial charge in [-0.25, -0.2) is 0 Å². The maximum Gasteiger partial charge on any atom is 0.306 e. The van der Waals surface area contributed by atoms with Gasteiger partial charge in [-0.15, -0.1) is 0 Å². The SMILES string of the molecule is CC/C=C\C/C=C\C/C=C\C/C=C\C/C=C\C/C=C\C/C=C\C/C=C\C/C=C\CCCCCCCC(=O)OCC(COC(=O)CCCCCCCCCCCCC)OC(=O)CCCCC/C=C\C/C=C\C/C=C\C/C=C\C/C=C\CC. The smallest absolute Gasteiger partial charge is 0.306 e. The Morgan fingerprint density at radius 2 is 0.481 bits per heavy atom. The molecule has 0 heterocycles. The normalized spacial score (nSPS) is 13.3. The molecule has 0 aliphatic heterocycles. The zero-order valence-electron chi connectivity index (χ0n) is 52.0. The number of rotatable bonds is 57. The first-order valence-electron chi connectivity index (χ1n) is 32.6. The van der Waals surface area contributed by atoms with Crippen LogP contribution < -0.4 is 0 Å². The summed E-state index contributed by atoms with van der Waals surface area (Å²) in [5.41, 5.74) is 0. The lowest BCUT2D eigenvalue weighted by atomic mass is 10.1. The summed E-state index contributed by atoms with van der Waals surface area (Å²) in [6.45, 7) is 6.35. The molecular formula is C75H118O6. The Labute approximate surface area is 498 Å². The van der Waals surface area contributed by atoms with Crippen LogP contribution in [-0.2, 0) is 28.6 Å². The van der Waals surface area contributed by atoms with E-state index in [1.807, 2.05) is 0 Å². The summed E-state index contributed by atoms with van der Waals surface area (Å²) in [5.74, 6) is -0.960. The van der Waals surface area contributed by atoms with E-state index in [1.54, 1.807) is 0 Å². The predicted octanol–water partition coefficient (Wildman–Crippen LogP) is 22.7. The van der Waals surface area contributed by atoms with Gasteiger partial charge in [-0.3, -0.25) is 14.4 Å². The summed E-state index contributed by atoms with van der Waals surface area (Å²) in [6, 6.07) is 0. The molecular weight excluding hydrogens is 997 g/mol. The molecule has 0 bridgehead atoms. The molecule has 1 atom stereocenters. The average molecular weight is 1120 g/mol. The zero-order chi connectivity index (χ0) is 58.5. The Morgan fingerprint density at radius 3 is 0.765 bits per heavy atom. The third-order valence-corrected chi connectivity index (χ3v) is 13.2. The molecule has 81 heavy (non-hydrogen) atoms. The Balaban J connectivity index is 4.37. The molecule has 0 aromatic carbocycles. The second-order valence-corrected chi connectivity index (χ2v) is 20.9. The van der Waals surface area contributed by atoms with Crippen molar-refractivity contribution in [2.24, 2.45) is 0 Å². The van der Waals surface area contributed by atoms with E-state index in [0.717, 1.165) is 167 Å². The van der Waals surface area contributed by atoms with Gasteiger partial charge < -0.3 is 14.2 Å². The van der Waals surface area contributed by atoms with Crippen LogP contribution in [0, 0.1) is 0 Å². The van der Waals surface area contributed by atoms with Gasteiger partial charge in [0.25, 0.3) is 0 Å². The zero-order valence-corrected chi connectivity index (χ0v) is 52.0. The third kappa shape index (κ3) is 65.5. The van der Waals surface area contributed by atoms with Crippen LogP contribution in [0.25, 0.3) is 0 Å². The fourth-order valence-corrected chi connectivity index (χ4v) is 8.40. The standard InChI is InChI=1S/C75H118O6/c1-4-7-10-13-16-19-22-24-26-28-30-31-32-33-34-35-36-37-38-39-40-41-42-43-45-46-48-50-53-56-59-62-65-68-74(77)80-71-72(70-79-73(76)67-64-61-58-55-52-21-18-15-12-9-6-3)81-75(78)69-66-63-60-57-54-51-49-47-44-29-27-25-23-20-17-14-11-8-5-2/h7-8,10-11,16-17,19-20,24-27,30-31,33-34,36-37,39-40,42-44,46-48,51,54,72H,4-6,9,12-15,18,21-23,28-29,32,35,38,41,45,49-50,52-53,55-71H2,1-3H3/b10-7-,11-8-,19-16-,20-17-,26-24-,27-25-,31-30-,34-33-,37-36-,40-39-,43-42-,47-44-,48-46-,54-51-. The number of unbranched alkanes of at least 4 members (excludes halogenated alkanes) is 18. The molecule has 6 heteroatoms. The van der Waals surface area contributed by atoms with E-state index in [-0.39, 0.29) is 37.5 Å². The van der Waals surface area contributed by atoms with Crippen LogP contribution in [0.1, 0.15) is 265 Å². The highest BCUT2D eigenvalue weighted by molar-refractivity contribution is 5.71. The molecule has 0 saturated heterocycles. The second-order valence-electron chi connectivity index (χ2n) is 20.9. The van der Waals surface area contributed by atoms with E-state index in [9.17, 15) is 14.4 Å². The summed E-state index contributed by atoms with van der Waals surface area (Å²) in [5, 5.41) is 0. The highest BCUT2D eigenvalue weighted by atomic mass is 16.6. The molecule has 0 aromatic rings. The monoisotopic (exact) mass is 1110 g/mol. The van der Waals surface area contributed by atoms with Gasteiger partial charge in [-0.2, -0.15) is 0 Å². The predicted molar refractivity (Wildman–Crippen MR) is 352 cm³/mol. The fourth-order valence-electron chi connectivity index (χ4n) is 8.40. The number of ether oxygens (including phenoxy) is 3. The number of esters is 3. The molecule has 0 fully saturated rings. The fraction of sp³-hybridized carbons (Fsp3) is 0.587. The quantitative estimate of drug-likeness (QED) is 0.0261. The second kappa shape index (κ2) is 67.3. The maximum absolute atomic E-state index is 12.9. The minimum absolute atomic E-state index is 0.103. The Kier molecular flexibility index (Phi) is 62.9. The summed E-state index contributed by atoms with van der Waals surface area (Å²) in [4.78, 5) is 38.3. The van der Waals surface area contributed by atoms with Crippen LogP contribution in [0.15, 0.2) is 170 Å². The first-order chi connectivity index (χ1) is 40.0. The highest BCUT2D eigenvalue weighted by Crippen LogP contribution is 2.14. The molecule has 0 aromatic heterocycles. The number of carbonyl (C=O) groups is 3. The Bertz CT molecular complexity index is 1860. The van der Waals surface area contributed by atoms with E-state index in [1.165, 1.54) is 51.4 Å². The van der Waals surface area contributed by atoms with E-state index in [4.69, 9.17) is 14.2 Å². The average Bonchev–Trinajstić information content (AvgIpc) is 3.47. The molecule has 0 radical (unpaired) electrons. The van der Waals surface area contributed by atoms with Gasteiger partial charge in [0.2, 0.25) is 0 Å². The van der Waals surface area contributed by atoms with Crippen molar-refractivity contribution < 1.29 is 28.6 Å². The summed E-state index contributed by atoms with van der Waals surface area (Å²) in [6.07, 6.45) is 99.3. The van der Waals surface area contributed by atoms with E-state index >= 15 is 0 Å². The summed E-state index contributed by atoms with van der Waals surface area (Å²) >= 11 is 0. The van der Waals surface area contributed by atoms with Gasteiger partial charge in [-0.1, -0.05) is 281 Å². The van der Waals surface area contributed by atoms with Crippen LogP contribution in [0.4, 0.5) is 0 Å². The minimum Gasteiger partial charge on any atom is -0.462 e. The topological polar surface area (TPSA) is 78.9 Å². The Hall–Kier alpha value is -5.23. The minimum atomic E-state index is -0.811. The van der Waals surface area contributed by atoms with E-state index < -0.39 is 6.10 Å².